The van der Waals surface area contributed by atoms with Crippen molar-refractivity contribution in [1.29, 1.82) is 0 Å². The predicted molar refractivity (Wildman–Crippen MR) is 108 cm³/mol. The van der Waals surface area contributed by atoms with E-state index in [-0.39, 0.29) is 5.69 Å². The quantitative estimate of drug-likeness (QED) is 0.344. The number of rotatable bonds is 9. The standard InChI is InChI=1S/C21H25N3O6/c1-21(12-30-21)18(27)15(10-13-6-3-2-4-7-13)23-20(29)16(11-25)24-19(28)14-8-5-9-17(26)22-14/h2-9,15-16,18,25,27H,10-12H2,1H3,(H,22,26)(H,23,29)(H,24,28)/t15-,16-,18?,21+/m0/s1. The Hall–Kier alpha value is -3.01. The molecule has 3 rings (SSSR count). The van der Waals surface area contributed by atoms with Crippen molar-refractivity contribution >= 4 is 11.8 Å². The maximum Gasteiger partial charge on any atom is 0.268 e. The first kappa shape index (κ1) is 21.7. The number of aromatic amines is 1. The molecule has 9 nitrogen and oxygen atoms in total. The molecule has 0 radical (unpaired) electrons. The van der Waals surface area contributed by atoms with Crippen LogP contribution in [0.2, 0.25) is 0 Å². The van der Waals surface area contributed by atoms with E-state index < -0.39 is 47.8 Å². The second-order valence-electron chi connectivity index (χ2n) is 7.49. The van der Waals surface area contributed by atoms with Crippen molar-refractivity contribution in [3.8, 4) is 0 Å². The van der Waals surface area contributed by atoms with Crippen LogP contribution >= 0.6 is 0 Å². The number of nitrogens with one attached hydrogen (secondary N) is 3. The normalized spacial score (nSPS) is 20.6. The molecular formula is C21H25N3O6. The van der Waals surface area contributed by atoms with Gasteiger partial charge in [-0.05, 0) is 25.0 Å². The molecule has 1 saturated heterocycles. The Morgan fingerprint density at radius 3 is 2.47 bits per heavy atom. The summed E-state index contributed by atoms with van der Waals surface area (Å²) in [4.78, 5) is 38.8. The Morgan fingerprint density at radius 2 is 1.87 bits per heavy atom. The number of carbonyl (C=O) groups excluding carboxylic acids is 2. The minimum Gasteiger partial charge on any atom is -0.394 e. The van der Waals surface area contributed by atoms with E-state index >= 15 is 0 Å². The second-order valence-corrected chi connectivity index (χ2v) is 7.49. The van der Waals surface area contributed by atoms with Gasteiger partial charge in [0.05, 0.1) is 19.3 Å². The number of aliphatic hydroxyl groups is 2. The molecule has 0 saturated carbocycles. The number of amides is 2. The first-order valence-electron chi connectivity index (χ1n) is 9.60. The van der Waals surface area contributed by atoms with Gasteiger partial charge in [0.1, 0.15) is 23.4 Å². The Labute approximate surface area is 173 Å². The fraction of sp³-hybridized carbons (Fsp3) is 0.381. The Balaban J connectivity index is 1.70. The molecule has 2 heterocycles. The Kier molecular flexibility index (Phi) is 6.66. The van der Waals surface area contributed by atoms with E-state index in [1.54, 1.807) is 6.92 Å². The summed E-state index contributed by atoms with van der Waals surface area (Å²) in [7, 11) is 0. The van der Waals surface area contributed by atoms with Gasteiger partial charge in [-0.25, -0.2) is 0 Å². The molecule has 0 aliphatic carbocycles. The zero-order chi connectivity index (χ0) is 21.7. The van der Waals surface area contributed by atoms with Gasteiger partial charge in [-0.3, -0.25) is 14.4 Å². The molecule has 0 spiro atoms. The minimum absolute atomic E-state index is 0.0338. The predicted octanol–water partition coefficient (Wildman–Crippen LogP) is -0.657. The van der Waals surface area contributed by atoms with Crippen molar-refractivity contribution in [2.75, 3.05) is 13.2 Å². The molecule has 4 atom stereocenters. The van der Waals surface area contributed by atoms with Crippen LogP contribution in [-0.4, -0.2) is 64.0 Å². The summed E-state index contributed by atoms with van der Waals surface area (Å²) >= 11 is 0. The number of ether oxygens (including phenoxy) is 1. The van der Waals surface area contributed by atoms with Gasteiger partial charge >= 0.3 is 0 Å². The van der Waals surface area contributed by atoms with E-state index in [1.165, 1.54) is 18.2 Å². The number of benzene rings is 1. The molecular weight excluding hydrogens is 390 g/mol. The number of hydrogen-bond donors (Lipinski definition) is 5. The summed E-state index contributed by atoms with van der Waals surface area (Å²) in [5, 5.41) is 25.5. The van der Waals surface area contributed by atoms with Crippen LogP contribution in [0, 0.1) is 0 Å². The van der Waals surface area contributed by atoms with Crippen molar-refractivity contribution in [2.45, 2.75) is 37.1 Å². The number of aromatic nitrogens is 1. The van der Waals surface area contributed by atoms with Gasteiger partial charge in [-0.2, -0.15) is 0 Å². The number of epoxide rings is 1. The summed E-state index contributed by atoms with van der Waals surface area (Å²) in [6.07, 6.45) is -0.646. The fourth-order valence-corrected chi connectivity index (χ4v) is 3.11. The van der Waals surface area contributed by atoms with Gasteiger partial charge in [-0.1, -0.05) is 36.4 Å². The summed E-state index contributed by atoms with van der Waals surface area (Å²) in [5.74, 6) is -1.37. The molecule has 2 amide bonds. The second kappa shape index (κ2) is 9.21. The van der Waals surface area contributed by atoms with Crippen LogP contribution in [0.1, 0.15) is 23.0 Å². The van der Waals surface area contributed by atoms with Gasteiger partial charge in [0.25, 0.3) is 5.91 Å². The van der Waals surface area contributed by atoms with E-state index in [9.17, 15) is 24.6 Å². The molecule has 5 N–H and O–H groups in total. The van der Waals surface area contributed by atoms with Gasteiger partial charge < -0.3 is 30.6 Å². The van der Waals surface area contributed by atoms with Crippen LogP contribution < -0.4 is 16.2 Å². The monoisotopic (exact) mass is 415 g/mol. The highest BCUT2D eigenvalue weighted by Crippen LogP contribution is 2.32. The minimum atomic E-state index is -1.26. The van der Waals surface area contributed by atoms with Crippen LogP contribution in [0.25, 0.3) is 0 Å². The van der Waals surface area contributed by atoms with Crippen molar-refractivity contribution in [3.05, 3.63) is 70.1 Å². The van der Waals surface area contributed by atoms with E-state index in [4.69, 9.17) is 4.74 Å². The van der Waals surface area contributed by atoms with E-state index in [0.717, 1.165) is 5.56 Å². The fourth-order valence-electron chi connectivity index (χ4n) is 3.11. The zero-order valence-corrected chi connectivity index (χ0v) is 16.5. The average molecular weight is 415 g/mol. The van der Waals surface area contributed by atoms with Gasteiger partial charge in [0, 0.05) is 6.07 Å². The van der Waals surface area contributed by atoms with E-state index in [1.807, 2.05) is 30.3 Å². The highest BCUT2D eigenvalue weighted by molar-refractivity contribution is 5.96. The average Bonchev–Trinajstić information content (AvgIpc) is 3.50. The third-order valence-corrected chi connectivity index (χ3v) is 5.05. The van der Waals surface area contributed by atoms with E-state index in [0.29, 0.717) is 13.0 Å². The van der Waals surface area contributed by atoms with E-state index in [2.05, 4.69) is 15.6 Å². The Bertz CT molecular complexity index is 941. The first-order chi connectivity index (χ1) is 14.3. The topological polar surface area (TPSA) is 144 Å². The molecule has 1 fully saturated rings. The lowest BCUT2D eigenvalue weighted by molar-refractivity contribution is -0.125. The van der Waals surface area contributed by atoms with Crippen molar-refractivity contribution in [1.82, 2.24) is 15.6 Å². The zero-order valence-electron chi connectivity index (χ0n) is 16.5. The molecule has 9 heteroatoms. The molecule has 1 aromatic heterocycles. The first-order valence-corrected chi connectivity index (χ1v) is 9.60. The lowest BCUT2D eigenvalue weighted by Crippen LogP contribution is -2.56. The highest BCUT2D eigenvalue weighted by Gasteiger charge is 2.50. The number of pyridine rings is 1. The summed E-state index contributed by atoms with van der Waals surface area (Å²) in [6.45, 7) is 1.46. The molecule has 0 bridgehead atoms. The van der Waals surface area contributed by atoms with Crippen LogP contribution in [0.3, 0.4) is 0 Å². The van der Waals surface area contributed by atoms with Gasteiger partial charge in [0.15, 0.2) is 0 Å². The van der Waals surface area contributed by atoms with Crippen LogP contribution in [-0.2, 0) is 16.0 Å². The lowest BCUT2D eigenvalue weighted by Gasteiger charge is -2.28. The number of hydrogen-bond acceptors (Lipinski definition) is 6. The molecule has 1 aliphatic heterocycles. The Morgan fingerprint density at radius 1 is 1.17 bits per heavy atom. The smallest absolute Gasteiger partial charge is 0.268 e. The maximum absolute atomic E-state index is 12.8. The van der Waals surface area contributed by atoms with Crippen LogP contribution in [0.15, 0.2) is 53.3 Å². The maximum atomic E-state index is 12.8. The van der Waals surface area contributed by atoms with Crippen molar-refractivity contribution < 1.29 is 24.5 Å². The van der Waals surface area contributed by atoms with Gasteiger partial charge in [-0.15, -0.1) is 0 Å². The largest absolute Gasteiger partial charge is 0.394 e. The summed E-state index contributed by atoms with van der Waals surface area (Å²) < 4.78 is 5.32. The van der Waals surface area contributed by atoms with Crippen LogP contribution in [0.5, 0.6) is 0 Å². The third kappa shape index (κ3) is 5.32. The summed E-state index contributed by atoms with van der Waals surface area (Å²) in [5.41, 5.74) is -0.351. The van der Waals surface area contributed by atoms with Crippen LogP contribution in [0.4, 0.5) is 0 Å². The SMILES string of the molecule is C[C@]1(C(O)[C@H](Cc2ccccc2)NC(=O)[C@H](CO)NC(=O)c2cccc(=O)[nH]2)CO1. The number of aliphatic hydroxyl groups excluding tert-OH is 2. The van der Waals surface area contributed by atoms with Crippen molar-refractivity contribution in [2.24, 2.45) is 0 Å². The number of H-pyrrole nitrogens is 1. The lowest BCUT2D eigenvalue weighted by atomic mass is 9.93. The highest BCUT2D eigenvalue weighted by atomic mass is 16.6. The number of carbonyl (C=O) groups is 2. The third-order valence-electron chi connectivity index (χ3n) is 5.05. The summed E-state index contributed by atoms with van der Waals surface area (Å²) in [6, 6.07) is 11.4. The molecule has 1 aliphatic rings. The molecule has 1 aromatic carbocycles. The molecule has 160 valence electrons. The van der Waals surface area contributed by atoms with Gasteiger partial charge in [0.2, 0.25) is 11.5 Å². The molecule has 30 heavy (non-hydrogen) atoms. The molecule has 2 aromatic rings. The molecule has 1 unspecified atom stereocenters. The van der Waals surface area contributed by atoms with Crippen molar-refractivity contribution in [3.63, 3.8) is 0 Å².